The third-order valence-corrected chi connectivity index (χ3v) is 4.05. The van der Waals surface area contributed by atoms with E-state index in [9.17, 15) is 4.79 Å². The summed E-state index contributed by atoms with van der Waals surface area (Å²) in [5, 5.41) is 2.86. The van der Waals surface area contributed by atoms with Crippen LogP contribution in [0.3, 0.4) is 0 Å². The zero-order valence-electron chi connectivity index (χ0n) is 10.2. The molecular formula is C13H18BrN3O. The van der Waals surface area contributed by atoms with Crippen LogP contribution < -0.4 is 11.1 Å². The number of hydrogen-bond acceptors (Lipinski definition) is 3. The van der Waals surface area contributed by atoms with E-state index in [1.165, 1.54) is 6.42 Å². The normalized spacial score (nSPS) is 24.3. The molecule has 18 heavy (non-hydrogen) atoms. The van der Waals surface area contributed by atoms with Crippen LogP contribution in [0.25, 0.3) is 0 Å². The lowest BCUT2D eigenvalue weighted by atomic mass is 9.94. The van der Waals surface area contributed by atoms with Crippen LogP contribution in [0.5, 0.6) is 0 Å². The number of nitrogens with one attached hydrogen (secondary N) is 1. The highest BCUT2D eigenvalue weighted by atomic mass is 79.9. The van der Waals surface area contributed by atoms with Crippen LogP contribution >= 0.6 is 15.9 Å². The van der Waals surface area contributed by atoms with Gasteiger partial charge in [-0.15, -0.1) is 0 Å². The summed E-state index contributed by atoms with van der Waals surface area (Å²) >= 11 is 3.37. The Bertz CT molecular complexity index is 424. The number of carbonyl (C=O) groups excluding carboxylic acids is 1. The second kappa shape index (κ2) is 6.29. The van der Waals surface area contributed by atoms with Gasteiger partial charge in [0.2, 0.25) is 5.91 Å². The quantitative estimate of drug-likeness (QED) is 0.825. The summed E-state index contributed by atoms with van der Waals surface area (Å²) in [6.45, 7) is 0. The van der Waals surface area contributed by atoms with E-state index in [4.69, 9.17) is 5.73 Å². The van der Waals surface area contributed by atoms with Crippen molar-refractivity contribution in [1.29, 1.82) is 0 Å². The molecule has 3 N–H and O–H groups in total. The first-order valence-electron chi connectivity index (χ1n) is 6.35. The highest BCUT2D eigenvalue weighted by Crippen LogP contribution is 2.25. The Hall–Kier alpha value is -0.940. The summed E-state index contributed by atoms with van der Waals surface area (Å²) in [6, 6.07) is 3.64. The molecule has 2 rings (SSSR count). The van der Waals surface area contributed by atoms with Gasteiger partial charge in [-0.2, -0.15) is 0 Å². The molecule has 1 aromatic rings. The summed E-state index contributed by atoms with van der Waals surface area (Å²) in [6.07, 6.45) is 6.84. The number of amides is 1. The molecule has 0 bridgehead atoms. The topological polar surface area (TPSA) is 68.0 Å². The maximum atomic E-state index is 12.2. The van der Waals surface area contributed by atoms with Crippen molar-refractivity contribution in [2.24, 2.45) is 11.7 Å². The van der Waals surface area contributed by atoms with Crippen LogP contribution in [-0.2, 0) is 4.79 Å². The van der Waals surface area contributed by atoms with Gasteiger partial charge in [0.15, 0.2) is 0 Å². The molecule has 0 aliphatic heterocycles. The van der Waals surface area contributed by atoms with Crippen LogP contribution in [0.1, 0.15) is 32.1 Å². The second-order valence-electron chi connectivity index (χ2n) is 4.73. The average Bonchev–Trinajstić information content (AvgIpc) is 2.57. The fourth-order valence-electron chi connectivity index (χ4n) is 2.35. The maximum Gasteiger partial charge on any atom is 0.230 e. The predicted octanol–water partition coefficient (Wildman–Crippen LogP) is 2.69. The highest BCUT2D eigenvalue weighted by Gasteiger charge is 2.27. The molecule has 1 amide bonds. The predicted molar refractivity (Wildman–Crippen MR) is 75.1 cm³/mol. The Morgan fingerprint density at radius 3 is 2.94 bits per heavy atom. The standard InChI is InChI=1S/C13H18BrN3O/c14-10-6-4-8-16-12(10)17-13(18)9-5-2-1-3-7-11(9)15/h4,6,8-9,11H,1-3,5,7,15H2,(H,16,17,18). The largest absolute Gasteiger partial charge is 0.327 e. The average molecular weight is 312 g/mol. The van der Waals surface area contributed by atoms with E-state index >= 15 is 0 Å². The summed E-state index contributed by atoms with van der Waals surface area (Å²) in [5.41, 5.74) is 6.08. The number of nitrogens with zero attached hydrogens (tertiary/aromatic N) is 1. The molecule has 0 radical (unpaired) electrons. The molecule has 0 spiro atoms. The van der Waals surface area contributed by atoms with Crippen molar-refractivity contribution < 1.29 is 4.79 Å². The summed E-state index contributed by atoms with van der Waals surface area (Å²) in [7, 11) is 0. The van der Waals surface area contributed by atoms with Gasteiger partial charge < -0.3 is 11.1 Å². The van der Waals surface area contributed by atoms with E-state index in [0.29, 0.717) is 5.82 Å². The minimum atomic E-state index is -0.0959. The van der Waals surface area contributed by atoms with Gasteiger partial charge in [-0.1, -0.05) is 19.3 Å². The number of carbonyl (C=O) groups is 1. The Morgan fingerprint density at radius 1 is 1.39 bits per heavy atom. The Balaban J connectivity index is 2.04. The third-order valence-electron chi connectivity index (χ3n) is 3.41. The first kappa shape index (κ1) is 13.5. The maximum absolute atomic E-state index is 12.2. The SMILES string of the molecule is NC1CCCCCC1C(=O)Nc1ncccc1Br. The Labute approximate surface area is 115 Å². The lowest BCUT2D eigenvalue weighted by Crippen LogP contribution is -2.38. The smallest absolute Gasteiger partial charge is 0.230 e. The fourth-order valence-corrected chi connectivity index (χ4v) is 2.70. The molecule has 1 aliphatic carbocycles. The monoisotopic (exact) mass is 311 g/mol. The molecular weight excluding hydrogens is 294 g/mol. The molecule has 1 aliphatic rings. The number of hydrogen-bond donors (Lipinski definition) is 2. The molecule has 5 heteroatoms. The lowest BCUT2D eigenvalue weighted by molar-refractivity contribution is -0.120. The van der Waals surface area contributed by atoms with Crippen molar-refractivity contribution in [3.05, 3.63) is 22.8 Å². The van der Waals surface area contributed by atoms with Crippen molar-refractivity contribution in [3.63, 3.8) is 0 Å². The van der Waals surface area contributed by atoms with Crippen molar-refractivity contribution in [3.8, 4) is 0 Å². The van der Waals surface area contributed by atoms with Gasteiger partial charge in [0.05, 0.1) is 10.4 Å². The molecule has 2 unspecified atom stereocenters. The zero-order valence-corrected chi connectivity index (χ0v) is 11.8. The minimum Gasteiger partial charge on any atom is -0.327 e. The van der Waals surface area contributed by atoms with Crippen LogP contribution in [0.15, 0.2) is 22.8 Å². The van der Waals surface area contributed by atoms with Crippen LogP contribution in [0.2, 0.25) is 0 Å². The number of rotatable bonds is 2. The van der Waals surface area contributed by atoms with E-state index in [2.05, 4.69) is 26.2 Å². The number of aromatic nitrogens is 1. The lowest BCUT2D eigenvalue weighted by Gasteiger charge is -2.20. The van der Waals surface area contributed by atoms with E-state index in [1.54, 1.807) is 6.20 Å². The van der Waals surface area contributed by atoms with Crippen molar-refractivity contribution in [2.75, 3.05) is 5.32 Å². The van der Waals surface area contributed by atoms with E-state index in [-0.39, 0.29) is 17.9 Å². The first-order valence-corrected chi connectivity index (χ1v) is 7.15. The number of halogens is 1. The number of pyridine rings is 1. The Kier molecular flexibility index (Phi) is 4.72. The zero-order chi connectivity index (χ0) is 13.0. The van der Waals surface area contributed by atoms with Crippen molar-refractivity contribution >= 4 is 27.7 Å². The van der Waals surface area contributed by atoms with Gasteiger partial charge in [0, 0.05) is 12.2 Å². The van der Waals surface area contributed by atoms with Gasteiger partial charge in [0.25, 0.3) is 0 Å². The van der Waals surface area contributed by atoms with Gasteiger partial charge >= 0.3 is 0 Å². The first-order chi connectivity index (χ1) is 8.68. The third kappa shape index (κ3) is 3.29. The summed E-state index contributed by atoms with van der Waals surface area (Å²) in [4.78, 5) is 16.4. The molecule has 1 heterocycles. The van der Waals surface area contributed by atoms with E-state index in [1.807, 2.05) is 12.1 Å². The molecule has 1 saturated carbocycles. The van der Waals surface area contributed by atoms with Crippen molar-refractivity contribution in [1.82, 2.24) is 4.98 Å². The molecule has 1 fully saturated rings. The Morgan fingerprint density at radius 2 is 2.17 bits per heavy atom. The molecule has 0 saturated heterocycles. The molecule has 2 atom stereocenters. The van der Waals surface area contributed by atoms with Crippen molar-refractivity contribution in [2.45, 2.75) is 38.1 Å². The highest BCUT2D eigenvalue weighted by molar-refractivity contribution is 9.10. The van der Waals surface area contributed by atoms with Crippen LogP contribution in [-0.4, -0.2) is 16.9 Å². The second-order valence-corrected chi connectivity index (χ2v) is 5.59. The fraction of sp³-hybridized carbons (Fsp3) is 0.538. The van der Waals surface area contributed by atoms with Crippen LogP contribution in [0.4, 0.5) is 5.82 Å². The van der Waals surface area contributed by atoms with Crippen LogP contribution in [0, 0.1) is 5.92 Å². The molecule has 4 nitrogen and oxygen atoms in total. The van der Waals surface area contributed by atoms with E-state index in [0.717, 1.165) is 30.2 Å². The van der Waals surface area contributed by atoms with Gasteiger partial charge in [-0.25, -0.2) is 4.98 Å². The van der Waals surface area contributed by atoms with Gasteiger partial charge in [-0.05, 0) is 40.9 Å². The number of nitrogens with two attached hydrogens (primary N) is 1. The summed E-state index contributed by atoms with van der Waals surface area (Å²) in [5.74, 6) is 0.462. The van der Waals surface area contributed by atoms with Gasteiger partial charge in [-0.3, -0.25) is 4.79 Å². The van der Waals surface area contributed by atoms with E-state index < -0.39 is 0 Å². The minimum absolute atomic E-state index is 0.0104. The summed E-state index contributed by atoms with van der Waals surface area (Å²) < 4.78 is 0.792. The molecule has 98 valence electrons. The number of anilines is 1. The molecule has 0 aromatic carbocycles. The molecule has 1 aromatic heterocycles. The van der Waals surface area contributed by atoms with Gasteiger partial charge in [0.1, 0.15) is 5.82 Å².